The van der Waals surface area contributed by atoms with E-state index in [0.29, 0.717) is 5.41 Å². The molecule has 0 N–H and O–H groups in total. The average Bonchev–Trinajstić information content (AvgIpc) is 2.60. The molecule has 0 saturated heterocycles. The molecular weight excluding hydrogens is 307 g/mol. The van der Waals surface area contributed by atoms with Crippen LogP contribution in [0.4, 0.5) is 0 Å². The Kier molecular flexibility index (Phi) is 7.05. The van der Waals surface area contributed by atoms with Crippen molar-refractivity contribution in [3.8, 4) is 0 Å². The molecular formula is C23H33P. The maximum atomic E-state index is 2.41. The summed E-state index contributed by atoms with van der Waals surface area (Å²) in [5, 5.41) is 3.02. The van der Waals surface area contributed by atoms with E-state index < -0.39 is 0 Å². The third-order valence-corrected chi connectivity index (χ3v) is 8.41. The van der Waals surface area contributed by atoms with Crippen LogP contribution >= 0.6 is 7.92 Å². The molecule has 0 saturated carbocycles. The predicted molar refractivity (Wildman–Crippen MR) is 111 cm³/mol. The summed E-state index contributed by atoms with van der Waals surface area (Å²) in [6.45, 7) is 12.0. The Balaban J connectivity index is 2.29. The minimum Gasteiger partial charge on any atom is -0.0648 e. The lowest BCUT2D eigenvalue weighted by Crippen LogP contribution is -2.34. The lowest BCUT2D eigenvalue weighted by Gasteiger charge is -2.42. The maximum absolute atomic E-state index is 2.41. The van der Waals surface area contributed by atoms with E-state index >= 15 is 0 Å². The van der Waals surface area contributed by atoms with Crippen molar-refractivity contribution in [3.63, 3.8) is 0 Å². The van der Waals surface area contributed by atoms with Gasteiger partial charge in [0.25, 0.3) is 0 Å². The molecule has 0 aromatic heterocycles. The van der Waals surface area contributed by atoms with Crippen molar-refractivity contribution in [1.29, 1.82) is 0 Å². The van der Waals surface area contributed by atoms with Gasteiger partial charge in [0.2, 0.25) is 0 Å². The van der Waals surface area contributed by atoms with Crippen molar-refractivity contribution in [2.45, 2.75) is 47.5 Å². The van der Waals surface area contributed by atoms with Crippen molar-refractivity contribution in [2.24, 2.45) is 17.3 Å². The largest absolute Gasteiger partial charge is 0.0648 e. The summed E-state index contributed by atoms with van der Waals surface area (Å²) < 4.78 is 0. The van der Waals surface area contributed by atoms with E-state index in [2.05, 4.69) is 95.3 Å². The smallest absolute Gasteiger partial charge is 0.0195 e. The second-order valence-corrected chi connectivity index (χ2v) is 9.80. The van der Waals surface area contributed by atoms with Gasteiger partial charge >= 0.3 is 0 Å². The summed E-state index contributed by atoms with van der Waals surface area (Å²) in [7, 11) is -0.270. The zero-order valence-electron chi connectivity index (χ0n) is 16.0. The van der Waals surface area contributed by atoms with E-state index in [0.717, 1.165) is 11.8 Å². The van der Waals surface area contributed by atoms with Crippen LogP contribution in [0.5, 0.6) is 0 Å². The van der Waals surface area contributed by atoms with Gasteiger partial charge in [-0.1, -0.05) is 95.3 Å². The molecule has 0 aliphatic heterocycles. The molecule has 2 aromatic carbocycles. The predicted octanol–water partition coefficient (Wildman–Crippen LogP) is 6.22. The monoisotopic (exact) mass is 340 g/mol. The highest BCUT2D eigenvalue weighted by molar-refractivity contribution is 7.73. The number of rotatable bonds is 8. The summed E-state index contributed by atoms with van der Waals surface area (Å²) in [6.07, 6.45) is 3.87. The fourth-order valence-electron chi connectivity index (χ4n) is 4.18. The van der Waals surface area contributed by atoms with Crippen molar-refractivity contribution < 1.29 is 0 Å². The molecule has 0 unspecified atom stereocenters. The van der Waals surface area contributed by atoms with Gasteiger partial charge in [0, 0.05) is 0 Å². The van der Waals surface area contributed by atoms with Crippen LogP contribution in [-0.2, 0) is 0 Å². The number of hydrogen-bond acceptors (Lipinski definition) is 0. The summed E-state index contributed by atoms with van der Waals surface area (Å²) in [5.41, 5.74) is 0.449. The third-order valence-electron chi connectivity index (χ3n) is 5.89. The van der Waals surface area contributed by atoms with Crippen LogP contribution in [-0.4, -0.2) is 6.16 Å². The Morgan fingerprint density at radius 3 is 1.50 bits per heavy atom. The summed E-state index contributed by atoms with van der Waals surface area (Å²) >= 11 is 0. The second kappa shape index (κ2) is 8.82. The first-order valence-corrected chi connectivity index (χ1v) is 10.9. The molecule has 0 atom stereocenters. The highest BCUT2D eigenvalue weighted by atomic mass is 31.1. The van der Waals surface area contributed by atoms with E-state index in [9.17, 15) is 0 Å². The second-order valence-electron chi connectivity index (χ2n) is 7.47. The quantitative estimate of drug-likeness (QED) is 0.501. The standard InChI is InChI=1S/C23H33P/c1-6-23(19(2)3,20(4)5)17-18-24(21-13-9-7-10-14-21)22-15-11-8-12-16-22/h7-16,19-20H,6,17-18H2,1-5H3. The Bertz CT molecular complexity index is 538. The third kappa shape index (κ3) is 4.28. The minimum atomic E-state index is -0.270. The molecule has 0 radical (unpaired) electrons. The Hall–Kier alpha value is -1.13. The lowest BCUT2D eigenvalue weighted by atomic mass is 9.65. The SMILES string of the molecule is CCC(CCP(c1ccccc1)c1ccccc1)(C(C)C)C(C)C. The molecule has 1 heteroatoms. The zero-order valence-corrected chi connectivity index (χ0v) is 16.9. The number of benzene rings is 2. The number of hydrogen-bond donors (Lipinski definition) is 0. The van der Waals surface area contributed by atoms with Gasteiger partial charge in [-0.2, -0.15) is 0 Å². The van der Waals surface area contributed by atoms with E-state index in [1.54, 1.807) is 0 Å². The molecule has 0 aliphatic rings. The van der Waals surface area contributed by atoms with Crippen LogP contribution in [0.15, 0.2) is 60.7 Å². The van der Waals surface area contributed by atoms with Crippen LogP contribution in [0, 0.1) is 17.3 Å². The fourth-order valence-corrected chi connectivity index (χ4v) is 6.70. The molecule has 0 fully saturated rings. The van der Waals surface area contributed by atoms with Crippen molar-refractivity contribution in [3.05, 3.63) is 60.7 Å². The van der Waals surface area contributed by atoms with Gasteiger partial charge in [-0.15, -0.1) is 0 Å². The Morgan fingerprint density at radius 2 is 1.17 bits per heavy atom. The lowest BCUT2D eigenvalue weighted by molar-refractivity contribution is 0.100. The van der Waals surface area contributed by atoms with Gasteiger partial charge in [0.15, 0.2) is 0 Å². The molecule has 2 aromatic rings. The van der Waals surface area contributed by atoms with Crippen molar-refractivity contribution >= 4 is 18.5 Å². The molecule has 24 heavy (non-hydrogen) atoms. The highest BCUT2D eigenvalue weighted by Gasteiger charge is 2.35. The summed E-state index contributed by atoms with van der Waals surface area (Å²) in [4.78, 5) is 0. The van der Waals surface area contributed by atoms with Gasteiger partial charge in [0.1, 0.15) is 0 Å². The van der Waals surface area contributed by atoms with Crippen molar-refractivity contribution in [2.75, 3.05) is 6.16 Å². The minimum absolute atomic E-state index is 0.270. The average molecular weight is 340 g/mol. The topological polar surface area (TPSA) is 0 Å². The van der Waals surface area contributed by atoms with Gasteiger partial charge < -0.3 is 0 Å². The first-order chi connectivity index (χ1) is 11.5. The fraction of sp³-hybridized carbons (Fsp3) is 0.478. The zero-order chi connectivity index (χ0) is 17.6. The first-order valence-electron chi connectivity index (χ1n) is 9.39. The van der Waals surface area contributed by atoms with Gasteiger partial charge in [-0.05, 0) is 54.8 Å². The van der Waals surface area contributed by atoms with Crippen LogP contribution in [0.25, 0.3) is 0 Å². The molecule has 0 nitrogen and oxygen atoms in total. The van der Waals surface area contributed by atoms with Crippen LogP contribution in [0.3, 0.4) is 0 Å². The van der Waals surface area contributed by atoms with Crippen molar-refractivity contribution in [1.82, 2.24) is 0 Å². The Morgan fingerprint density at radius 1 is 0.750 bits per heavy atom. The summed E-state index contributed by atoms with van der Waals surface area (Å²) in [6, 6.07) is 22.3. The van der Waals surface area contributed by atoms with E-state index in [-0.39, 0.29) is 7.92 Å². The van der Waals surface area contributed by atoms with Crippen LogP contribution in [0.1, 0.15) is 47.5 Å². The van der Waals surface area contributed by atoms with Gasteiger partial charge in [0.05, 0.1) is 0 Å². The molecule has 0 amide bonds. The molecule has 0 aliphatic carbocycles. The van der Waals surface area contributed by atoms with E-state index in [4.69, 9.17) is 0 Å². The highest BCUT2D eigenvalue weighted by Crippen LogP contribution is 2.46. The first kappa shape index (κ1) is 19.2. The van der Waals surface area contributed by atoms with E-state index in [1.165, 1.54) is 29.6 Å². The molecule has 0 bridgehead atoms. The molecule has 0 heterocycles. The maximum Gasteiger partial charge on any atom is -0.0195 e. The summed E-state index contributed by atoms with van der Waals surface area (Å²) in [5.74, 6) is 1.46. The molecule has 130 valence electrons. The van der Waals surface area contributed by atoms with E-state index in [1.807, 2.05) is 0 Å². The molecule has 0 spiro atoms. The van der Waals surface area contributed by atoms with Crippen LogP contribution < -0.4 is 10.6 Å². The Labute approximate surface area is 150 Å². The van der Waals surface area contributed by atoms with Gasteiger partial charge in [-0.25, -0.2) is 0 Å². The van der Waals surface area contributed by atoms with Gasteiger partial charge in [-0.3, -0.25) is 0 Å². The molecule has 2 rings (SSSR count). The normalized spacial score (nSPS) is 12.3. The van der Waals surface area contributed by atoms with Crippen LogP contribution in [0.2, 0.25) is 0 Å².